The van der Waals surface area contributed by atoms with Crippen LogP contribution in [0.3, 0.4) is 0 Å². The lowest BCUT2D eigenvalue weighted by molar-refractivity contribution is -0.148. The van der Waals surface area contributed by atoms with Crippen LogP contribution in [0.4, 0.5) is 4.79 Å². The minimum Gasteiger partial charge on any atom is -0.467 e. The molecule has 0 aromatic rings. The van der Waals surface area contributed by atoms with Crippen molar-refractivity contribution in [3.8, 4) is 0 Å². The molecule has 6 atom stereocenters. The third-order valence-corrected chi connectivity index (χ3v) is 5.08. The fourth-order valence-corrected chi connectivity index (χ4v) is 4.42. The van der Waals surface area contributed by atoms with E-state index in [1.807, 2.05) is 20.8 Å². The molecule has 5 nitrogen and oxygen atoms in total. The second-order valence-corrected chi connectivity index (χ2v) is 7.34. The van der Waals surface area contributed by atoms with Crippen LogP contribution in [0.5, 0.6) is 0 Å². The molecule has 1 aliphatic heterocycles. The van der Waals surface area contributed by atoms with Crippen LogP contribution in [0.25, 0.3) is 0 Å². The highest BCUT2D eigenvalue weighted by Crippen LogP contribution is 2.67. The minimum atomic E-state index is -0.547. The van der Waals surface area contributed by atoms with Gasteiger partial charge in [0.2, 0.25) is 0 Å². The van der Waals surface area contributed by atoms with Gasteiger partial charge in [0.05, 0.1) is 7.11 Å². The SMILES string of the molecule is COC(=O)C1C2CC(C3C(C)C23)N1C(=O)OC(C)(C)C. The number of likely N-dealkylation sites (tertiary alicyclic amines) is 1. The molecular weight excluding hydrogens is 258 g/mol. The Morgan fingerprint density at radius 3 is 2.40 bits per heavy atom. The number of carbonyl (C=O) groups is 2. The lowest BCUT2D eigenvalue weighted by Crippen LogP contribution is -2.51. The van der Waals surface area contributed by atoms with Crippen LogP contribution >= 0.6 is 0 Å². The van der Waals surface area contributed by atoms with Crippen LogP contribution in [-0.4, -0.2) is 41.8 Å². The molecule has 3 rings (SSSR count). The number of ether oxygens (including phenoxy) is 2. The number of nitrogens with zero attached hydrogens (tertiary/aromatic N) is 1. The first-order valence-corrected chi connectivity index (χ1v) is 7.35. The maximum absolute atomic E-state index is 12.4. The Kier molecular flexibility index (Phi) is 2.82. The van der Waals surface area contributed by atoms with E-state index in [4.69, 9.17) is 9.47 Å². The summed E-state index contributed by atoms with van der Waals surface area (Å²) >= 11 is 0. The molecule has 0 radical (unpaired) electrons. The first kappa shape index (κ1) is 13.7. The molecule has 2 aliphatic carbocycles. The van der Waals surface area contributed by atoms with Crippen molar-refractivity contribution in [2.45, 2.75) is 51.8 Å². The number of methoxy groups -OCH3 is 1. The predicted molar refractivity (Wildman–Crippen MR) is 71.9 cm³/mol. The van der Waals surface area contributed by atoms with Gasteiger partial charge in [-0.3, -0.25) is 4.90 Å². The van der Waals surface area contributed by atoms with Crippen molar-refractivity contribution in [1.29, 1.82) is 0 Å². The molecule has 1 saturated heterocycles. The average molecular weight is 281 g/mol. The van der Waals surface area contributed by atoms with Crippen LogP contribution in [-0.2, 0) is 14.3 Å². The van der Waals surface area contributed by atoms with Gasteiger partial charge in [-0.15, -0.1) is 0 Å². The molecule has 0 N–H and O–H groups in total. The van der Waals surface area contributed by atoms with Gasteiger partial charge in [-0.05, 0) is 50.9 Å². The summed E-state index contributed by atoms with van der Waals surface area (Å²) in [4.78, 5) is 26.2. The number of amides is 1. The van der Waals surface area contributed by atoms with Crippen LogP contribution < -0.4 is 0 Å². The lowest BCUT2D eigenvalue weighted by Gasteiger charge is -2.34. The Labute approximate surface area is 119 Å². The summed E-state index contributed by atoms with van der Waals surface area (Å²) in [6, 6.07) is -0.301. The second-order valence-electron chi connectivity index (χ2n) is 7.34. The largest absolute Gasteiger partial charge is 0.467 e. The Bertz CT molecular complexity index is 455. The van der Waals surface area contributed by atoms with Crippen molar-refractivity contribution in [3.63, 3.8) is 0 Å². The average Bonchev–Trinajstić information content (AvgIpc) is 2.73. The quantitative estimate of drug-likeness (QED) is 0.690. The molecule has 0 aromatic heterocycles. The van der Waals surface area contributed by atoms with Crippen molar-refractivity contribution in [2.75, 3.05) is 7.11 Å². The summed E-state index contributed by atoms with van der Waals surface area (Å²) in [5.74, 6) is 1.69. The van der Waals surface area contributed by atoms with E-state index in [2.05, 4.69) is 6.92 Å². The summed E-state index contributed by atoms with van der Waals surface area (Å²) in [6.07, 6.45) is 0.538. The van der Waals surface area contributed by atoms with Gasteiger partial charge in [0.25, 0.3) is 0 Å². The molecule has 2 saturated carbocycles. The van der Waals surface area contributed by atoms with E-state index in [1.165, 1.54) is 7.11 Å². The molecule has 3 aliphatic rings. The van der Waals surface area contributed by atoms with Gasteiger partial charge >= 0.3 is 12.1 Å². The highest BCUT2D eigenvalue weighted by Gasteiger charge is 2.71. The van der Waals surface area contributed by atoms with E-state index in [0.717, 1.165) is 6.42 Å². The number of esters is 1. The Balaban J connectivity index is 1.84. The lowest BCUT2D eigenvalue weighted by atomic mass is 9.95. The van der Waals surface area contributed by atoms with Gasteiger partial charge in [-0.1, -0.05) is 6.92 Å². The maximum Gasteiger partial charge on any atom is 0.411 e. The standard InChI is InChI=1S/C15H23NO4/c1-7-10-8-6-9(11(7)10)16(12(8)13(17)19-5)14(18)20-15(2,3)4/h7-12H,6H2,1-5H3. The Morgan fingerprint density at radius 2 is 1.85 bits per heavy atom. The van der Waals surface area contributed by atoms with Crippen molar-refractivity contribution >= 4 is 12.1 Å². The normalized spacial score (nSPS) is 41.4. The zero-order chi connectivity index (χ0) is 14.8. The van der Waals surface area contributed by atoms with Gasteiger partial charge in [0.15, 0.2) is 0 Å². The molecule has 6 unspecified atom stereocenters. The molecule has 1 heterocycles. The number of fused-ring (bicyclic) bond motifs is 5. The smallest absolute Gasteiger partial charge is 0.411 e. The fraction of sp³-hybridized carbons (Fsp3) is 0.867. The number of rotatable bonds is 1. The second kappa shape index (κ2) is 4.12. The summed E-state index contributed by atoms with van der Waals surface area (Å²) in [7, 11) is 1.38. The Hall–Kier alpha value is -1.26. The number of piperidine rings is 1. The number of hydrogen-bond donors (Lipinski definition) is 0. The maximum atomic E-state index is 12.4. The highest BCUT2D eigenvalue weighted by molar-refractivity contribution is 5.83. The van der Waals surface area contributed by atoms with Gasteiger partial charge in [0.1, 0.15) is 11.6 Å². The number of carbonyl (C=O) groups excluding carboxylic acids is 2. The van der Waals surface area contributed by atoms with Gasteiger partial charge in [0, 0.05) is 6.04 Å². The van der Waals surface area contributed by atoms with Crippen LogP contribution in [0, 0.1) is 23.7 Å². The zero-order valence-electron chi connectivity index (χ0n) is 12.8. The molecule has 0 spiro atoms. The van der Waals surface area contributed by atoms with E-state index in [1.54, 1.807) is 4.90 Å². The first-order valence-electron chi connectivity index (χ1n) is 7.35. The molecule has 1 amide bonds. The molecule has 2 bridgehead atoms. The van der Waals surface area contributed by atoms with E-state index in [0.29, 0.717) is 17.8 Å². The van der Waals surface area contributed by atoms with E-state index >= 15 is 0 Å². The fourth-order valence-electron chi connectivity index (χ4n) is 4.42. The van der Waals surface area contributed by atoms with Crippen LogP contribution in [0.1, 0.15) is 34.1 Å². The highest BCUT2D eigenvalue weighted by atomic mass is 16.6. The predicted octanol–water partition coefficient (Wildman–Crippen LogP) is 2.05. The van der Waals surface area contributed by atoms with Gasteiger partial charge in [-0.25, -0.2) is 9.59 Å². The van der Waals surface area contributed by atoms with Gasteiger partial charge < -0.3 is 9.47 Å². The number of hydrogen-bond acceptors (Lipinski definition) is 4. The summed E-state index contributed by atoms with van der Waals surface area (Å²) in [6.45, 7) is 7.74. The summed E-state index contributed by atoms with van der Waals surface area (Å²) < 4.78 is 10.4. The van der Waals surface area contributed by atoms with Gasteiger partial charge in [-0.2, -0.15) is 0 Å². The minimum absolute atomic E-state index is 0.152. The van der Waals surface area contributed by atoms with E-state index in [-0.39, 0.29) is 24.0 Å². The molecule has 112 valence electrons. The van der Waals surface area contributed by atoms with Crippen molar-refractivity contribution in [1.82, 2.24) is 4.90 Å². The monoisotopic (exact) mass is 281 g/mol. The van der Waals surface area contributed by atoms with Crippen molar-refractivity contribution < 1.29 is 19.1 Å². The third-order valence-electron chi connectivity index (χ3n) is 5.08. The molecular formula is C15H23NO4. The topological polar surface area (TPSA) is 55.8 Å². The summed E-state index contributed by atoms with van der Waals surface area (Å²) in [5, 5.41) is 0. The third kappa shape index (κ3) is 1.82. The summed E-state index contributed by atoms with van der Waals surface area (Å²) in [5.41, 5.74) is -0.547. The molecule has 20 heavy (non-hydrogen) atoms. The van der Waals surface area contributed by atoms with Crippen molar-refractivity contribution in [3.05, 3.63) is 0 Å². The molecule has 3 fully saturated rings. The van der Waals surface area contributed by atoms with Crippen LogP contribution in [0.15, 0.2) is 0 Å². The first-order chi connectivity index (χ1) is 9.26. The van der Waals surface area contributed by atoms with Crippen molar-refractivity contribution in [2.24, 2.45) is 23.7 Å². The zero-order valence-corrected chi connectivity index (χ0v) is 12.8. The van der Waals surface area contributed by atoms with E-state index in [9.17, 15) is 9.59 Å². The van der Waals surface area contributed by atoms with Crippen LogP contribution in [0.2, 0.25) is 0 Å². The Morgan fingerprint density at radius 1 is 1.20 bits per heavy atom. The molecule has 0 aromatic carbocycles. The van der Waals surface area contributed by atoms with E-state index < -0.39 is 11.6 Å². The molecule has 5 heteroatoms.